The van der Waals surface area contributed by atoms with E-state index < -0.39 is 17.7 Å². The van der Waals surface area contributed by atoms with E-state index in [2.05, 4.69) is 25.8 Å². The minimum Gasteiger partial charge on any atom is -0.507 e. The maximum atomic E-state index is 13.6. The van der Waals surface area contributed by atoms with Gasteiger partial charge < -0.3 is 9.84 Å². The average molecular weight is 561 g/mol. The van der Waals surface area contributed by atoms with Gasteiger partial charge in [-0.25, -0.2) is 4.98 Å². The summed E-state index contributed by atoms with van der Waals surface area (Å²) in [5.74, 6) is -1.20. The van der Waals surface area contributed by atoms with Crippen molar-refractivity contribution >= 4 is 55.7 Å². The van der Waals surface area contributed by atoms with Gasteiger partial charge in [0.1, 0.15) is 11.5 Å². The second-order valence-corrected chi connectivity index (χ2v) is 12.0. The Morgan fingerprint density at radius 1 is 1.08 bits per heavy atom. The second kappa shape index (κ2) is 10.5. The van der Waals surface area contributed by atoms with Gasteiger partial charge >= 0.3 is 5.91 Å². The van der Waals surface area contributed by atoms with E-state index in [4.69, 9.17) is 16.3 Å². The average Bonchev–Trinajstić information content (AvgIpc) is 3.44. The summed E-state index contributed by atoms with van der Waals surface area (Å²) < 4.78 is 6.53. The van der Waals surface area contributed by atoms with Crippen LogP contribution < -0.4 is 9.64 Å². The van der Waals surface area contributed by atoms with Gasteiger partial charge in [-0.1, -0.05) is 87.0 Å². The minimum absolute atomic E-state index is 0.00781. The molecule has 2 heterocycles. The highest BCUT2D eigenvalue weighted by molar-refractivity contribution is 7.22. The van der Waals surface area contributed by atoms with Crippen molar-refractivity contribution in [3.8, 4) is 5.75 Å². The quantitative estimate of drug-likeness (QED) is 0.149. The normalized spacial score (nSPS) is 17.3. The Morgan fingerprint density at radius 3 is 2.51 bits per heavy atom. The van der Waals surface area contributed by atoms with Crippen LogP contribution >= 0.6 is 22.9 Å². The summed E-state index contributed by atoms with van der Waals surface area (Å²) in [7, 11) is 0. The highest BCUT2D eigenvalue weighted by Crippen LogP contribution is 2.45. The van der Waals surface area contributed by atoms with Gasteiger partial charge in [-0.15, -0.1) is 0 Å². The molecule has 200 valence electrons. The van der Waals surface area contributed by atoms with Gasteiger partial charge in [0, 0.05) is 10.6 Å². The van der Waals surface area contributed by atoms with Crippen molar-refractivity contribution < 1.29 is 19.4 Å². The van der Waals surface area contributed by atoms with Crippen LogP contribution in [0.3, 0.4) is 0 Å². The Morgan fingerprint density at radius 2 is 1.82 bits per heavy atom. The molecule has 0 saturated carbocycles. The van der Waals surface area contributed by atoms with E-state index in [-0.39, 0.29) is 16.7 Å². The van der Waals surface area contributed by atoms with E-state index in [1.807, 2.05) is 31.2 Å². The molecule has 0 aliphatic carbocycles. The first-order chi connectivity index (χ1) is 18.6. The molecule has 5 rings (SSSR count). The number of Topliss-reactive ketones (excluding diaryl/α,β-unsaturated/α-hetero) is 1. The number of rotatable bonds is 6. The van der Waals surface area contributed by atoms with E-state index in [0.29, 0.717) is 39.2 Å². The molecular formula is C31H29ClN2O4S. The number of aromatic nitrogens is 1. The monoisotopic (exact) mass is 560 g/mol. The standard InChI is InChI=1S/C31H29ClN2O4S/c1-5-15-38-22-8-6-7-19(16-22)27(35)25-26(18-9-11-20(12-10-18)31(2,3)4)34(29(37)28(25)36)30-33-23-14-13-21(32)17-24(23)39-30/h6-14,16-17,26,35H,5,15H2,1-4H3/b27-25+. The van der Waals surface area contributed by atoms with Crippen LogP contribution in [0.25, 0.3) is 16.0 Å². The zero-order valence-electron chi connectivity index (χ0n) is 22.2. The first-order valence-corrected chi connectivity index (χ1v) is 14.0. The van der Waals surface area contributed by atoms with Gasteiger partial charge in [0.25, 0.3) is 5.78 Å². The molecule has 1 fully saturated rings. The topological polar surface area (TPSA) is 79.7 Å². The summed E-state index contributed by atoms with van der Waals surface area (Å²) >= 11 is 7.46. The zero-order valence-corrected chi connectivity index (χ0v) is 23.8. The van der Waals surface area contributed by atoms with Crippen molar-refractivity contribution in [1.82, 2.24) is 4.98 Å². The number of fused-ring (bicyclic) bond motifs is 1. The number of anilines is 1. The molecule has 0 spiro atoms. The Balaban J connectivity index is 1.68. The predicted molar refractivity (Wildman–Crippen MR) is 157 cm³/mol. The maximum absolute atomic E-state index is 13.6. The first-order valence-electron chi connectivity index (χ1n) is 12.8. The number of hydrogen-bond acceptors (Lipinski definition) is 6. The molecule has 1 amide bonds. The van der Waals surface area contributed by atoms with Crippen molar-refractivity contribution in [2.24, 2.45) is 0 Å². The predicted octanol–water partition coefficient (Wildman–Crippen LogP) is 7.66. The number of nitrogens with zero attached hydrogens (tertiary/aromatic N) is 2. The molecule has 1 aliphatic rings. The fourth-order valence-corrected chi connectivity index (χ4v) is 5.88. The van der Waals surface area contributed by atoms with E-state index in [1.54, 1.807) is 42.5 Å². The van der Waals surface area contributed by atoms with Gasteiger partial charge in [0.2, 0.25) is 0 Å². The molecule has 1 unspecified atom stereocenters. The molecule has 3 aromatic carbocycles. The number of amides is 1. The molecule has 1 N–H and O–H groups in total. The zero-order chi connectivity index (χ0) is 27.9. The number of carbonyl (C=O) groups is 2. The van der Waals surface area contributed by atoms with Crippen LogP contribution in [-0.4, -0.2) is 28.4 Å². The number of benzene rings is 3. The number of aliphatic hydroxyl groups is 1. The third kappa shape index (κ3) is 5.16. The number of thiazole rings is 1. The largest absolute Gasteiger partial charge is 0.507 e. The van der Waals surface area contributed by atoms with Gasteiger partial charge in [-0.2, -0.15) is 0 Å². The van der Waals surface area contributed by atoms with Crippen LogP contribution in [0.2, 0.25) is 5.02 Å². The van der Waals surface area contributed by atoms with E-state index in [9.17, 15) is 14.7 Å². The lowest BCUT2D eigenvalue weighted by molar-refractivity contribution is -0.132. The molecule has 0 radical (unpaired) electrons. The van der Waals surface area contributed by atoms with Gasteiger partial charge in [0.15, 0.2) is 5.13 Å². The van der Waals surface area contributed by atoms with Gasteiger partial charge in [-0.05, 0) is 53.3 Å². The van der Waals surface area contributed by atoms with Crippen LogP contribution in [0.1, 0.15) is 56.8 Å². The molecule has 6 nitrogen and oxygen atoms in total. The molecule has 0 bridgehead atoms. The Kier molecular flexibility index (Phi) is 7.23. The Labute approximate surface area is 236 Å². The number of carbonyl (C=O) groups excluding carboxylic acids is 2. The van der Waals surface area contributed by atoms with E-state index in [0.717, 1.165) is 16.7 Å². The van der Waals surface area contributed by atoms with Crippen LogP contribution in [0.5, 0.6) is 5.75 Å². The molecule has 1 aromatic heterocycles. The summed E-state index contributed by atoms with van der Waals surface area (Å²) in [6, 6.07) is 19.1. The third-order valence-corrected chi connectivity index (χ3v) is 7.92. The van der Waals surface area contributed by atoms with Crippen LogP contribution in [0.4, 0.5) is 5.13 Å². The molecule has 8 heteroatoms. The lowest BCUT2D eigenvalue weighted by Gasteiger charge is -2.24. The highest BCUT2D eigenvalue weighted by Gasteiger charge is 2.48. The molecule has 1 saturated heterocycles. The molecule has 1 aliphatic heterocycles. The lowest BCUT2D eigenvalue weighted by atomic mass is 9.85. The number of ether oxygens (including phenoxy) is 1. The highest BCUT2D eigenvalue weighted by atomic mass is 35.5. The third-order valence-electron chi connectivity index (χ3n) is 6.66. The molecule has 1 atom stereocenters. The van der Waals surface area contributed by atoms with Gasteiger partial charge in [0.05, 0.1) is 28.4 Å². The second-order valence-electron chi connectivity index (χ2n) is 10.5. The fraction of sp³-hybridized carbons (Fsp3) is 0.258. The van der Waals surface area contributed by atoms with Crippen LogP contribution in [0.15, 0.2) is 72.3 Å². The number of aliphatic hydroxyl groups excluding tert-OH is 1. The van der Waals surface area contributed by atoms with Crippen molar-refractivity contribution in [2.75, 3.05) is 11.5 Å². The minimum atomic E-state index is -0.865. The SMILES string of the molecule is CCCOc1cccc(/C(O)=C2\C(=O)C(=O)N(c3nc4ccc(Cl)cc4s3)C2c2ccc(C(C)(C)C)cc2)c1. The summed E-state index contributed by atoms with van der Waals surface area (Å²) in [5, 5.41) is 12.4. The summed E-state index contributed by atoms with van der Waals surface area (Å²) in [6.45, 7) is 8.89. The van der Waals surface area contributed by atoms with Gasteiger partial charge in [-0.3, -0.25) is 14.5 Å². The summed E-state index contributed by atoms with van der Waals surface area (Å²) in [6.07, 6.45) is 0.833. The lowest BCUT2D eigenvalue weighted by Crippen LogP contribution is -2.29. The smallest absolute Gasteiger partial charge is 0.301 e. The maximum Gasteiger partial charge on any atom is 0.301 e. The number of ketones is 1. The first kappa shape index (κ1) is 26.9. The van der Waals surface area contributed by atoms with E-state index >= 15 is 0 Å². The Hall–Kier alpha value is -3.68. The summed E-state index contributed by atoms with van der Waals surface area (Å²) in [4.78, 5) is 33.2. The van der Waals surface area contributed by atoms with Crippen molar-refractivity contribution in [3.05, 3.63) is 94.0 Å². The number of hydrogen-bond donors (Lipinski definition) is 1. The van der Waals surface area contributed by atoms with Crippen molar-refractivity contribution in [2.45, 2.75) is 45.6 Å². The van der Waals surface area contributed by atoms with E-state index in [1.165, 1.54) is 16.2 Å². The Bertz CT molecular complexity index is 1600. The summed E-state index contributed by atoms with van der Waals surface area (Å²) in [5.41, 5.74) is 2.80. The van der Waals surface area contributed by atoms with Crippen LogP contribution in [0, 0.1) is 0 Å². The number of halogens is 1. The molecule has 39 heavy (non-hydrogen) atoms. The van der Waals surface area contributed by atoms with Crippen LogP contribution in [-0.2, 0) is 15.0 Å². The fourth-order valence-electron chi connectivity index (χ4n) is 4.61. The molecule has 4 aromatic rings. The molecular weight excluding hydrogens is 532 g/mol. The van der Waals surface area contributed by atoms with Crippen molar-refractivity contribution in [1.29, 1.82) is 0 Å². The van der Waals surface area contributed by atoms with Crippen molar-refractivity contribution in [3.63, 3.8) is 0 Å².